The molecule has 0 N–H and O–H groups in total. The maximum Gasteiger partial charge on any atom is 0.342 e. The Labute approximate surface area is 125 Å². The highest BCUT2D eigenvalue weighted by Crippen LogP contribution is 2.34. The Bertz CT molecular complexity index is 599. The van der Waals surface area contributed by atoms with Gasteiger partial charge in [-0.05, 0) is 12.1 Å². The van der Waals surface area contributed by atoms with Crippen LogP contribution in [0.25, 0.3) is 0 Å². The minimum absolute atomic E-state index is 0.00790. The second-order valence-electron chi connectivity index (χ2n) is 3.55. The minimum Gasteiger partial charge on any atom is -0.494 e. The van der Waals surface area contributed by atoms with E-state index in [1.165, 1.54) is 20.3 Å². The van der Waals surface area contributed by atoms with Crippen molar-refractivity contribution in [1.29, 1.82) is 0 Å². The maximum atomic E-state index is 11.9. The second kappa shape index (κ2) is 7.12. The number of carbonyl (C=O) groups excluding carboxylic acids is 1. The van der Waals surface area contributed by atoms with Gasteiger partial charge in [-0.15, -0.1) is 0 Å². The lowest BCUT2D eigenvalue weighted by Gasteiger charge is -2.12. The summed E-state index contributed by atoms with van der Waals surface area (Å²) in [4.78, 5) is 11.5. The van der Waals surface area contributed by atoms with Crippen molar-refractivity contribution in [3.63, 3.8) is 0 Å². The van der Waals surface area contributed by atoms with Crippen molar-refractivity contribution in [2.75, 3.05) is 27.4 Å². The molecule has 0 unspecified atom stereocenters. The van der Waals surface area contributed by atoms with Gasteiger partial charge in [-0.3, -0.25) is 0 Å². The number of carbonyl (C=O) groups is 1. The number of halogens is 2. The molecule has 0 aliphatic carbocycles. The molecule has 0 saturated carbocycles. The van der Waals surface area contributed by atoms with Crippen LogP contribution in [-0.4, -0.2) is 41.8 Å². The maximum absolute atomic E-state index is 11.9. The lowest BCUT2D eigenvalue weighted by molar-refractivity contribution is 0.0384. The Morgan fingerprint density at radius 2 is 1.90 bits per heavy atom. The van der Waals surface area contributed by atoms with Crippen LogP contribution in [0.3, 0.4) is 0 Å². The molecule has 0 aromatic heterocycles. The number of ether oxygens (including phenoxy) is 3. The molecule has 1 rings (SSSR count). The number of rotatable bonds is 6. The highest BCUT2D eigenvalue weighted by molar-refractivity contribution is 8.13. The van der Waals surface area contributed by atoms with E-state index in [-0.39, 0.29) is 29.5 Å². The SMILES string of the molecule is COCCOC(=O)c1cc(Cl)cc(S(=O)(=O)Cl)c1OC. The zero-order chi connectivity index (χ0) is 15.3. The van der Waals surface area contributed by atoms with Crippen LogP contribution in [-0.2, 0) is 18.5 Å². The highest BCUT2D eigenvalue weighted by Gasteiger charge is 2.25. The fraction of sp³-hybridized carbons (Fsp3) is 0.364. The summed E-state index contributed by atoms with van der Waals surface area (Å²) in [5.74, 6) is -1.00. The molecule has 0 fully saturated rings. The van der Waals surface area contributed by atoms with Crippen molar-refractivity contribution in [1.82, 2.24) is 0 Å². The van der Waals surface area contributed by atoms with Crippen molar-refractivity contribution >= 4 is 37.3 Å². The summed E-state index contributed by atoms with van der Waals surface area (Å²) in [6, 6.07) is 2.33. The first-order valence-corrected chi connectivity index (χ1v) is 7.98. The van der Waals surface area contributed by atoms with Gasteiger partial charge in [0, 0.05) is 22.8 Å². The van der Waals surface area contributed by atoms with E-state index in [0.29, 0.717) is 0 Å². The molecule has 0 spiro atoms. The zero-order valence-corrected chi connectivity index (χ0v) is 13.0. The van der Waals surface area contributed by atoms with E-state index in [9.17, 15) is 13.2 Å². The number of benzene rings is 1. The Morgan fingerprint density at radius 1 is 1.25 bits per heavy atom. The average Bonchev–Trinajstić information content (AvgIpc) is 2.36. The lowest BCUT2D eigenvalue weighted by Crippen LogP contribution is -2.12. The number of methoxy groups -OCH3 is 2. The van der Waals surface area contributed by atoms with Crippen LogP contribution in [0.4, 0.5) is 0 Å². The summed E-state index contributed by atoms with van der Waals surface area (Å²) in [5.41, 5.74) is -0.129. The quantitative estimate of drug-likeness (QED) is 0.447. The van der Waals surface area contributed by atoms with Gasteiger partial charge in [0.05, 0.1) is 13.7 Å². The molecule has 6 nitrogen and oxygen atoms in total. The van der Waals surface area contributed by atoms with E-state index in [0.717, 1.165) is 6.07 Å². The monoisotopic (exact) mass is 342 g/mol. The van der Waals surface area contributed by atoms with Gasteiger partial charge in [0.15, 0.2) is 5.75 Å². The van der Waals surface area contributed by atoms with Crippen molar-refractivity contribution in [2.24, 2.45) is 0 Å². The van der Waals surface area contributed by atoms with Crippen molar-refractivity contribution in [2.45, 2.75) is 4.90 Å². The van der Waals surface area contributed by atoms with E-state index in [2.05, 4.69) is 0 Å². The first kappa shape index (κ1) is 17.0. The molecule has 0 saturated heterocycles. The van der Waals surface area contributed by atoms with Crippen LogP contribution in [0.1, 0.15) is 10.4 Å². The van der Waals surface area contributed by atoms with Crippen molar-refractivity contribution < 1.29 is 27.4 Å². The van der Waals surface area contributed by atoms with Crippen LogP contribution in [0.5, 0.6) is 5.75 Å². The second-order valence-corrected chi connectivity index (χ2v) is 6.52. The fourth-order valence-electron chi connectivity index (χ4n) is 1.41. The molecule has 0 aliphatic rings. The Hall–Kier alpha value is -1.02. The normalized spacial score (nSPS) is 11.2. The first-order chi connectivity index (χ1) is 9.31. The zero-order valence-electron chi connectivity index (χ0n) is 10.7. The summed E-state index contributed by atoms with van der Waals surface area (Å²) in [5, 5.41) is 0.0173. The Kier molecular flexibility index (Phi) is 6.07. The van der Waals surface area contributed by atoms with Gasteiger partial charge in [-0.1, -0.05) is 11.6 Å². The van der Waals surface area contributed by atoms with E-state index >= 15 is 0 Å². The van der Waals surface area contributed by atoms with E-state index in [1.807, 2.05) is 0 Å². The van der Waals surface area contributed by atoms with Gasteiger partial charge in [0.2, 0.25) is 0 Å². The molecule has 0 amide bonds. The fourth-order valence-corrected chi connectivity index (χ4v) is 2.72. The number of hydrogen-bond acceptors (Lipinski definition) is 6. The molecule has 20 heavy (non-hydrogen) atoms. The standard InChI is InChI=1S/C11H12Cl2O6S/c1-17-3-4-19-11(14)8-5-7(12)6-9(10(8)18-2)20(13,15)16/h5-6H,3-4H2,1-2H3. The van der Waals surface area contributed by atoms with Gasteiger partial charge in [0.25, 0.3) is 9.05 Å². The molecule has 9 heteroatoms. The number of hydrogen-bond donors (Lipinski definition) is 0. The van der Waals surface area contributed by atoms with E-state index < -0.39 is 19.9 Å². The van der Waals surface area contributed by atoms with Crippen LogP contribution < -0.4 is 4.74 Å². The summed E-state index contributed by atoms with van der Waals surface area (Å²) in [6.07, 6.45) is 0. The van der Waals surface area contributed by atoms with Gasteiger partial charge in [-0.2, -0.15) is 0 Å². The van der Waals surface area contributed by atoms with Gasteiger partial charge >= 0.3 is 5.97 Å². The largest absolute Gasteiger partial charge is 0.494 e. The molecule has 0 atom stereocenters. The Balaban J connectivity index is 3.26. The predicted molar refractivity (Wildman–Crippen MR) is 73.2 cm³/mol. The summed E-state index contributed by atoms with van der Waals surface area (Å²) in [6.45, 7) is 0.212. The molecular weight excluding hydrogens is 331 g/mol. The van der Waals surface area contributed by atoms with Crippen LogP contribution in [0.2, 0.25) is 5.02 Å². The molecule has 0 radical (unpaired) electrons. The lowest BCUT2D eigenvalue weighted by atomic mass is 10.2. The summed E-state index contributed by atoms with van der Waals surface area (Å²) >= 11 is 5.78. The molecule has 0 bridgehead atoms. The topological polar surface area (TPSA) is 78.9 Å². The van der Waals surface area contributed by atoms with Crippen LogP contribution >= 0.6 is 22.3 Å². The Morgan fingerprint density at radius 3 is 2.40 bits per heavy atom. The third-order valence-electron chi connectivity index (χ3n) is 2.23. The van der Waals surface area contributed by atoms with Crippen molar-refractivity contribution in [3.8, 4) is 5.75 Å². The third-order valence-corrected chi connectivity index (χ3v) is 3.77. The predicted octanol–water partition coefficient (Wildman–Crippen LogP) is 2.08. The van der Waals surface area contributed by atoms with Crippen LogP contribution in [0, 0.1) is 0 Å². The van der Waals surface area contributed by atoms with Crippen molar-refractivity contribution in [3.05, 3.63) is 22.7 Å². The van der Waals surface area contributed by atoms with Gasteiger partial charge in [0.1, 0.15) is 17.1 Å². The smallest absolute Gasteiger partial charge is 0.342 e. The third kappa shape index (κ3) is 4.24. The van der Waals surface area contributed by atoms with Gasteiger partial charge < -0.3 is 14.2 Å². The molecule has 1 aromatic rings. The number of esters is 1. The molecular formula is C11H12Cl2O6S. The average molecular weight is 343 g/mol. The van der Waals surface area contributed by atoms with Gasteiger partial charge in [-0.25, -0.2) is 13.2 Å². The first-order valence-electron chi connectivity index (χ1n) is 5.29. The highest BCUT2D eigenvalue weighted by atomic mass is 35.7. The minimum atomic E-state index is -4.12. The molecule has 0 aliphatic heterocycles. The molecule has 0 heterocycles. The van der Waals surface area contributed by atoms with E-state index in [4.69, 9.17) is 36.5 Å². The summed E-state index contributed by atoms with van der Waals surface area (Å²) in [7, 11) is 3.82. The van der Waals surface area contributed by atoms with E-state index in [1.54, 1.807) is 0 Å². The molecule has 112 valence electrons. The summed E-state index contributed by atoms with van der Waals surface area (Å²) < 4.78 is 37.5. The molecule has 1 aromatic carbocycles. The van der Waals surface area contributed by atoms with Crippen LogP contribution in [0.15, 0.2) is 17.0 Å².